The summed E-state index contributed by atoms with van der Waals surface area (Å²) in [6.07, 6.45) is 0. The predicted octanol–water partition coefficient (Wildman–Crippen LogP) is 1.29. The first kappa shape index (κ1) is 15.8. The number of hydrogen-bond donors (Lipinski definition) is 1. The van der Waals surface area contributed by atoms with Crippen LogP contribution in [0.2, 0.25) is 0 Å². The Balaban J connectivity index is 0.00000225. The first-order valence-corrected chi connectivity index (χ1v) is 5.23. The van der Waals surface area contributed by atoms with E-state index in [9.17, 15) is 9.59 Å². The van der Waals surface area contributed by atoms with Gasteiger partial charge in [0.1, 0.15) is 0 Å². The van der Waals surface area contributed by atoms with Gasteiger partial charge in [-0.3, -0.25) is 0 Å². The van der Waals surface area contributed by atoms with E-state index in [0.29, 0.717) is 5.75 Å². The summed E-state index contributed by atoms with van der Waals surface area (Å²) in [7, 11) is 0. The number of carboxylic acids is 1. The molecule has 0 amide bonds. The van der Waals surface area contributed by atoms with Gasteiger partial charge in [0, 0.05) is 5.75 Å². The van der Waals surface area contributed by atoms with Gasteiger partial charge in [0.05, 0.1) is 23.2 Å². The topological polar surface area (TPSA) is 63.6 Å². The molecule has 0 unspecified atom stereocenters. The summed E-state index contributed by atoms with van der Waals surface area (Å²) < 4.78 is 4.80. The van der Waals surface area contributed by atoms with Crippen LogP contribution in [0.15, 0.2) is 24.3 Å². The van der Waals surface area contributed by atoms with E-state index < -0.39 is 11.9 Å². The third-order valence-electron chi connectivity index (χ3n) is 1.60. The molecule has 0 aliphatic rings. The first-order valence-electron chi connectivity index (χ1n) is 4.32. The first-order chi connectivity index (χ1) is 7.15. The van der Waals surface area contributed by atoms with Gasteiger partial charge in [-0.25, -0.2) is 9.59 Å². The molecule has 0 aromatic heterocycles. The van der Waals surface area contributed by atoms with Crippen LogP contribution in [0.5, 0.6) is 0 Å². The number of carbonyl (C=O) groups excluding carboxylic acids is 1. The maximum atomic E-state index is 11.3. The molecule has 6 heteroatoms. The standard InChI is InChI=1S/C10H10O4S.Ca.2H/c1-2-15-14-10(13)8-5-3-4-7(6-8)9(11)12;;;/h3-6H,2H2,1H3,(H,11,12);;;. The third-order valence-corrected chi connectivity index (χ3v) is 2.10. The Morgan fingerprint density at radius 2 is 2.00 bits per heavy atom. The molecule has 0 saturated carbocycles. The van der Waals surface area contributed by atoms with Crippen LogP contribution in [0.25, 0.3) is 0 Å². The van der Waals surface area contributed by atoms with Crippen molar-refractivity contribution in [2.75, 3.05) is 5.75 Å². The molecular formula is C10H12CaO4S. The molecule has 1 aromatic rings. The summed E-state index contributed by atoms with van der Waals surface area (Å²) >= 11 is 1.03. The van der Waals surface area contributed by atoms with Crippen molar-refractivity contribution in [2.24, 2.45) is 0 Å². The molecule has 0 saturated heterocycles. The van der Waals surface area contributed by atoms with E-state index in [1.54, 1.807) is 0 Å². The number of benzene rings is 1. The molecular weight excluding hydrogens is 256 g/mol. The Morgan fingerprint density at radius 1 is 1.38 bits per heavy atom. The Bertz CT molecular complexity index is 381. The molecule has 4 nitrogen and oxygen atoms in total. The summed E-state index contributed by atoms with van der Waals surface area (Å²) in [5.74, 6) is -0.928. The van der Waals surface area contributed by atoms with E-state index in [-0.39, 0.29) is 48.9 Å². The van der Waals surface area contributed by atoms with Crippen LogP contribution in [-0.4, -0.2) is 60.5 Å². The van der Waals surface area contributed by atoms with Crippen molar-refractivity contribution >= 4 is 61.7 Å². The van der Waals surface area contributed by atoms with Gasteiger partial charge in [-0.15, -0.1) is 0 Å². The van der Waals surface area contributed by atoms with Crippen molar-refractivity contribution in [1.29, 1.82) is 0 Å². The summed E-state index contributed by atoms with van der Waals surface area (Å²) in [4.78, 5) is 22.0. The molecule has 0 bridgehead atoms. The zero-order valence-electron chi connectivity index (χ0n) is 8.10. The fourth-order valence-electron chi connectivity index (χ4n) is 0.940. The summed E-state index contributed by atoms with van der Waals surface area (Å²) in [5, 5.41) is 8.71. The van der Waals surface area contributed by atoms with E-state index in [1.807, 2.05) is 6.92 Å². The Morgan fingerprint density at radius 3 is 2.56 bits per heavy atom. The Labute approximate surface area is 128 Å². The van der Waals surface area contributed by atoms with E-state index in [2.05, 4.69) is 0 Å². The predicted molar refractivity (Wildman–Crippen MR) is 65.5 cm³/mol. The van der Waals surface area contributed by atoms with Crippen LogP contribution in [0.4, 0.5) is 0 Å². The molecule has 1 N–H and O–H groups in total. The average molecular weight is 268 g/mol. The van der Waals surface area contributed by atoms with Crippen LogP contribution < -0.4 is 0 Å². The molecule has 16 heavy (non-hydrogen) atoms. The molecule has 84 valence electrons. The van der Waals surface area contributed by atoms with Gasteiger partial charge in [0.15, 0.2) is 0 Å². The van der Waals surface area contributed by atoms with Crippen LogP contribution in [0, 0.1) is 0 Å². The molecule has 0 fully saturated rings. The summed E-state index contributed by atoms with van der Waals surface area (Å²) in [6.45, 7) is 1.85. The number of carboxylic acid groups (broad SMARTS) is 1. The maximum absolute atomic E-state index is 11.3. The van der Waals surface area contributed by atoms with Crippen molar-refractivity contribution in [1.82, 2.24) is 0 Å². The van der Waals surface area contributed by atoms with E-state index >= 15 is 0 Å². The van der Waals surface area contributed by atoms with Gasteiger partial charge in [0.2, 0.25) is 0 Å². The van der Waals surface area contributed by atoms with Crippen molar-refractivity contribution in [3.63, 3.8) is 0 Å². The van der Waals surface area contributed by atoms with Crippen molar-refractivity contribution in [2.45, 2.75) is 6.92 Å². The van der Waals surface area contributed by atoms with E-state index in [1.165, 1.54) is 24.3 Å². The van der Waals surface area contributed by atoms with Crippen LogP contribution >= 0.6 is 12.0 Å². The quantitative estimate of drug-likeness (QED) is 0.658. The summed E-state index contributed by atoms with van der Waals surface area (Å²) in [6, 6.07) is 5.74. The summed E-state index contributed by atoms with van der Waals surface area (Å²) in [5.41, 5.74) is 0.321. The van der Waals surface area contributed by atoms with E-state index in [4.69, 9.17) is 9.29 Å². The minimum absolute atomic E-state index is 0. The third kappa shape index (κ3) is 4.74. The second kappa shape index (κ2) is 7.95. The van der Waals surface area contributed by atoms with Crippen molar-refractivity contribution in [3.8, 4) is 0 Å². The molecule has 0 atom stereocenters. The van der Waals surface area contributed by atoms with Gasteiger partial charge in [-0.05, 0) is 18.2 Å². The normalized spacial score (nSPS) is 9.06. The second-order valence-corrected chi connectivity index (χ2v) is 3.64. The molecule has 0 aliphatic carbocycles. The van der Waals surface area contributed by atoms with Gasteiger partial charge < -0.3 is 9.29 Å². The zero-order chi connectivity index (χ0) is 11.3. The Kier molecular flexibility index (Phi) is 7.83. The number of carbonyl (C=O) groups is 2. The number of aromatic carboxylic acids is 1. The van der Waals surface area contributed by atoms with Crippen LogP contribution in [-0.2, 0) is 4.18 Å². The minimum atomic E-state index is -1.06. The molecule has 0 aliphatic heterocycles. The number of rotatable bonds is 4. The zero-order valence-corrected chi connectivity index (χ0v) is 8.91. The van der Waals surface area contributed by atoms with Gasteiger partial charge in [-0.1, -0.05) is 13.0 Å². The van der Waals surface area contributed by atoms with E-state index in [0.717, 1.165) is 12.0 Å². The SMILES string of the molecule is CCSOC(=O)c1cccc(C(=O)O)c1.[CaH2]. The molecule has 0 radical (unpaired) electrons. The molecule has 0 heterocycles. The monoisotopic (exact) mass is 268 g/mol. The van der Waals surface area contributed by atoms with Crippen molar-refractivity contribution < 1.29 is 18.9 Å². The van der Waals surface area contributed by atoms with Crippen LogP contribution in [0.1, 0.15) is 27.6 Å². The molecule has 1 rings (SSSR count). The average Bonchev–Trinajstić information content (AvgIpc) is 2.26. The van der Waals surface area contributed by atoms with Gasteiger partial charge in [0.25, 0.3) is 0 Å². The van der Waals surface area contributed by atoms with Crippen LogP contribution in [0.3, 0.4) is 0 Å². The van der Waals surface area contributed by atoms with Gasteiger partial charge >= 0.3 is 49.7 Å². The Hall–Kier alpha value is -0.230. The second-order valence-electron chi connectivity index (χ2n) is 2.66. The fraction of sp³-hybridized carbons (Fsp3) is 0.200. The molecule has 1 aromatic carbocycles. The number of hydrogen-bond acceptors (Lipinski definition) is 4. The fourth-order valence-corrected chi connectivity index (χ4v) is 1.26. The van der Waals surface area contributed by atoms with Crippen molar-refractivity contribution in [3.05, 3.63) is 35.4 Å². The molecule has 0 spiro atoms. The van der Waals surface area contributed by atoms with Gasteiger partial charge in [-0.2, -0.15) is 0 Å².